The first-order valence-electron chi connectivity index (χ1n) is 9.10. The average Bonchev–Trinajstić information content (AvgIpc) is 3.15. The van der Waals surface area contributed by atoms with Crippen molar-refractivity contribution in [2.24, 2.45) is 7.05 Å². The maximum Gasteiger partial charge on any atom is 0.272 e. The van der Waals surface area contributed by atoms with E-state index < -0.39 is 10.0 Å². The monoisotopic (exact) mass is 392 g/mol. The Kier molecular flexibility index (Phi) is 4.34. The third kappa shape index (κ3) is 3.16. The lowest BCUT2D eigenvalue weighted by Crippen LogP contribution is -2.36. The summed E-state index contributed by atoms with van der Waals surface area (Å²) >= 11 is 0. The molecule has 0 radical (unpaired) electrons. The fourth-order valence-corrected chi connectivity index (χ4v) is 5.01. The van der Waals surface area contributed by atoms with Gasteiger partial charge in [0, 0.05) is 30.4 Å². The van der Waals surface area contributed by atoms with Gasteiger partial charge in [-0.2, -0.15) is 14.5 Å². The number of nitrogens with one attached hydrogen (secondary N) is 2. The van der Waals surface area contributed by atoms with Crippen LogP contribution in [0.3, 0.4) is 0 Å². The number of hydrogen-bond donors (Lipinski definition) is 2. The molecule has 2 aromatic heterocycles. The topological polar surface area (TPSA) is 113 Å². The smallest absolute Gasteiger partial charge is 0.272 e. The van der Waals surface area contributed by atoms with Crippen LogP contribution < -0.4 is 5.32 Å². The SMILES string of the molecule is Cc1nn(C)c2c1C(NC(=O)c1n[nH]c3c1CCN(S(C)(=O)=O)C3)CCC2. The lowest BCUT2D eigenvalue weighted by Gasteiger charge is -2.26. The summed E-state index contributed by atoms with van der Waals surface area (Å²) in [5.74, 6) is -0.221. The predicted molar refractivity (Wildman–Crippen MR) is 98.6 cm³/mol. The molecule has 2 aliphatic rings. The first-order chi connectivity index (χ1) is 12.8. The molecule has 2 aromatic rings. The van der Waals surface area contributed by atoms with Gasteiger partial charge in [0.2, 0.25) is 10.0 Å². The maximum absolute atomic E-state index is 12.9. The molecule has 3 heterocycles. The summed E-state index contributed by atoms with van der Waals surface area (Å²) in [5, 5.41) is 14.6. The van der Waals surface area contributed by atoms with E-state index in [2.05, 4.69) is 20.6 Å². The second kappa shape index (κ2) is 6.45. The highest BCUT2D eigenvalue weighted by Gasteiger charge is 2.32. The summed E-state index contributed by atoms with van der Waals surface area (Å²) in [6.45, 7) is 2.56. The Balaban J connectivity index is 1.56. The van der Waals surface area contributed by atoms with E-state index in [1.54, 1.807) is 0 Å². The number of amides is 1. The minimum atomic E-state index is -3.26. The number of carbonyl (C=O) groups excluding carboxylic acids is 1. The van der Waals surface area contributed by atoms with Crippen LogP contribution in [-0.4, -0.2) is 51.4 Å². The molecular weight excluding hydrogens is 368 g/mol. The third-order valence-electron chi connectivity index (χ3n) is 5.53. The van der Waals surface area contributed by atoms with E-state index in [1.165, 1.54) is 16.3 Å². The molecule has 1 aliphatic carbocycles. The molecule has 1 amide bonds. The number of aromatic nitrogens is 4. The highest BCUT2D eigenvalue weighted by atomic mass is 32.2. The summed E-state index contributed by atoms with van der Waals surface area (Å²) in [6.07, 6.45) is 4.51. The highest BCUT2D eigenvalue weighted by molar-refractivity contribution is 7.88. The molecular formula is C17H24N6O3S. The van der Waals surface area contributed by atoms with Gasteiger partial charge in [0.25, 0.3) is 5.91 Å². The molecule has 0 bridgehead atoms. The van der Waals surface area contributed by atoms with Gasteiger partial charge in [-0.1, -0.05) is 0 Å². The molecule has 146 valence electrons. The Bertz CT molecular complexity index is 1010. The van der Waals surface area contributed by atoms with Crippen LogP contribution in [0.4, 0.5) is 0 Å². The van der Waals surface area contributed by atoms with Crippen LogP contribution in [0.1, 0.15) is 57.6 Å². The number of sulfonamides is 1. The molecule has 10 heteroatoms. The van der Waals surface area contributed by atoms with Crippen molar-refractivity contribution in [1.82, 2.24) is 29.6 Å². The van der Waals surface area contributed by atoms with Gasteiger partial charge < -0.3 is 5.32 Å². The zero-order valence-corrected chi connectivity index (χ0v) is 16.6. The number of nitrogens with zero attached hydrogens (tertiary/aromatic N) is 4. The predicted octanol–water partition coefficient (Wildman–Crippen LogP) is 0.577. The fourth-order valence-electron chi connectivity index (χ4n) is 4.23. The molecule has 0 aromatic carbocycles. The van der Waals surface area contributed by atoms with Crippen LogP contribution in [-0.2, 0) is 36.5 Å². The summed E-state index contributed by atoms with van der Waals surface area (Å²) < 4.78 is 26.8. The van der Waals surface area contributed by atoms with Gasteiger partial charge in [-0.15, -0.1) is 0 Å². The molecule has 0 saturated carbocycles. The molecule has 0 spiro atoms. The van der Waals surface area contributed by atoms with Crippen LogP contribution in [0.2, 0.25) is 0 Å². The number of aryl methyl sites for hydroxylation is 2. The van der Waals surface area contributed by atoms with Crippen molar-refractivity contribution in [1.29, 1.82) is 0 Å². The lowest BCUT2D eigenvalue weighted by molar-refractivity contribution is 0.0926. The Labute approximate surface area is 158 Å². The summed E-state index contributed by atoms with van der Waals surface area (Å²) in [6, 6.07) is -0.0709. The molecule has 0 saturated heterocycles. The zero-order chi connectivity index (χ0) is 19.3. The van der Waals surface area contributed by atoms with E-state index in [9.17, 15) is 13.2 Å². The van der Waals surface area contributed by atoms with Crippen LogP contribution in [0.5, 0.6) is 0 Å². The van der Waals surface area contributed by atoms with Gasteiger partial charge in [0.05, 0.1) is 30.2 Å². The second-order valence-corrected chi connectivity index (χ2v) is 9.35. The first-order valence-corrected chi connectivity index (χ1v) is 10.9. The molecule has 2 N–H and O–H groups in total. The number of H-pyrrole nitrogens is 1. The van der Waals surface area contributed by atoms with Crippen LogP contribution in [0, 0.1) is 6.92 Å². The Morgan fingerprint density at radius 1 is 1.33 bits per heavy atom. The Morgan fingerprint density at radius 3 is 2.85 bits per heavy atom. The number of carbonyl (C=O) groups is 1. The second-order valence-electron chi connectivity index (χ2n) is 7.36. The quantitative estimate of drug-likeness (QED) is 0.793. The van der Waals surface area contributed by atoms with Crippen molar-refractivity contribution in [3.8, 4) is 0 Å². The molecule has 4 rings (SSSR count). The van der Waals surface area contributed by atoms with E-state index in [0.29, 0.717) is 24.4 Å². The van der Waals surface area contributed by atoms with Gasteiger partial charge in [0.15, 0.2) is 5.69 Å². The standard InChI is InChI=1S/C17H24N6O3S/c1-10-15-12(5-4-6-14(15)22(2)21-10)18-17(24)16-11-7-8-23(27(3,25)26)9-13(11)19-20-16/h12H,4-9H2,1-3H3,(H,18,24)(H,19,20). The summed E-state index contributed by atoms with van der Waals surface area (Å²) in [4.78, 5) is 12.9. The molecule has 1 unspecified atom stereocenters. The minimum absolute atomic E-state index is 0.0709. The van der Waals surface area contributed by atoms with E-state index in [1.807, 2.05) is 18.7 Å². The van der Waals surface area contributed by atoms with E-state index in [-0.39, 0.29) is 18.5 Å². The lowest BCUT2D eigenvalue weighted by atomic mass is 9.90. The van der Waals surface area contributed by atoms with Crippen molar-refractivity contribution in [3.63, 3.8) is 0 Å². The van der Waals surface area contributed by atoms with Crippen molar-refractivity contribution < 1.29 is 13.2 Å². The van der Waals surface area contributed by atoms with E-state index in [4.69, 9.17) is 0 Å². The zero-order valence-electron chi connectivity index (χ0n) is 15.7. The Hall–Kier alpha value is -2.20. The van der Waals surface area contributed by atoms with Gasteiger partial charge in [-0.3, -0.25) is 14.6 Å². The molecule has 1 atom stereocenters. The Morgan fingerprint density at radius 2 is 2.11 bits per heavy atom. The van der Waals surface area contributed by atoms with Gasteiger partial charge >= 0.3 is 0 Å². The molecule has 0 fully saturated rings. The largest absolute Gasteiger partial charge is 0.344 e. The first kappa shape index (κ1) is 18.2. The summed E-state index contributed by atoms with van der Waals surface area (Å²) in [7, 11) is -1.32. The van der Waals surface area contributed by atoms with Crippen LogP contribution >= 0.6 is 0 Å². The van der Waals surface area contributed by atoms with Gasteiger partial charge in [0.1, 0.15) is 0 Å². The van der Waals surface area contributed by atoms with Crippen LogP contribution in [0.15, 0.2) is 0 Å². The van der Waals surface area contributed by atoms with Gasteiger partial charge in [-0.05, 0) is 32.6 Å². The van der Waals surface area contributed by atoms with E-state index >= 15 is 0 Å². The number of fused-ring (bicyclic) bond motifs is 2. The van der Waals surface area contributed by atoms with Gasteiger partial charge in [-0.25, -0.2) is 8.42 Å². The normalized spacial score (nSPS) is 20.2. The highest BCUT2D eigenvalue weighted by Crippen LogP contribution is 2.32. The third-order valence-corrected chi connectivity index (χ3v) is 6.78. The molecule has 9 nitrogen and oxygen atoms in total. The number of hydrogen-bond acceptors (Lipinski definition) is 5. The van der Waals surface area contributed by atoms with Crippen molar-refractivity contribution in [2.75, 3.05) is 12.8 Å². The van der Waals surface area contributed by atoms with E-state index in [0.717, 1.165) is 36.1 Å². The van der Waals surface area contributed by atoms with Crippen molar-refractivity contribution >= 4 is 15.9 Å². The van der Waals surface area contributed by atoms with Crippen molar-refractivity contribution in [3.05, 3.63) is 33.9 Å². The van der Waals surface area contributed by atoms with Crippen LogP contribution in [0.25, 0.3) is 0 Å². The molecule has 27 heavy (non-hydrogen) atoms. The number of rotatable bonds is 3. The maximum atomic E-state index is 12.9. The van der Waals surface area contributed by atoms with Crippen molar-refractivity contribution in [2.45, 2.75) is 45.2 Å². The minimum Gasteiger partial charge on any atom is -0.344 e. The summed E-state index contributed by atoms with van der Waals surface area (Å²) in [5.41, 5.74) is 5.11. The fraction of sp³-hybridized carbons (Fsp3) is 0.588. The molecule has 1 aliphatic heterocycles. The average molecular weight is 392 g/mol. The number of aromatic amines is 1.